The average molecular weight is 349 g/mol. The summed E-state index contributed by atoms with van der Waals surface area (Å²) in [4.78, 5) is 16.9. The van der Waals surface area contributed by atoms with Gasteiger partial charge in [-0.15, -0.1) is 6.58 Å². The Hall–Kier alpha value is -2.89. The van der Waals surface area contributed by atoms with Gasteiger partial charge in [-0.3, -0.25) is 0 Å². The number of methoxy groups -OCH3 is 1. The predicted molar refractivity (Wildman–Crippen MR) is 103 cm³/mol. The fourth-order valence-electron chi connectivity index (χ4n) is 3.61. The van der Waals surface area contributed by atoms with Crippen molar-refractivity contribution in [2.24, 2.45) is 5.92 Å². The van der Waals surface area contributed by atoms with Crippen molar-refractivity contribution in [2.45, 2.75) is 31.7 Å². The van der Waals surface area contributed by atoms with Gasteiger partial charge >= 0.3 is 0 Å². The number of H-pyrrole nitrogens is 1. The Morgan fingerprint density at radius 1 is 1.23 bits per heavy atom. The minimum absolute atomic E-state index is 0.367. The Labute approximate surface area is 152 Å². The molecular weight excluding hydrogens is 326 g/mol. The summed E-state index contributed by atoms with van der Waals surface area (Å²) in [5.41, 5.74) is 3.35. The van der Waals surface area contributed by atoms with Crippen molar-refractivity contribution in [1.82, 2.24) is 19.9 Å². The van der Waals surface area contributed by atoms with Crippen LogP contribution in [0.1, 0.15) is 25.7 Å². The van der Waals surface area contributed by atoms with Gasteiger partial charge in [0, 0.05) is 11.6 Å². The van der Waals surface area contributed by atoms with Gasteiger partial charge < -0.3 is 15.0 Å². The molecule has 2 heterocycles. The number of benzene rings is 1. The van der Waals surface area contributed by atoms with Gasteiger partial charge in [0.05, 0.1) is 13.4 Å². The van der Waals surface area contributed by atoms with Crippen LogP contribution in [0, 0.1) is 5.92 Å². The van der Waals surface area contributed by atoms with Gasteiger partial charge in [-0.2, -0.15) is 4.98 Å². The number of hydrogen-bond donors (Lipinski definition) is 2. The first-order valence-corrected chi connectivity index (χ1v) is 9.01. The number of anilines is 1. The lowest BCUT2D eigenvalue weighted by Crippen LogP contribution is -2.27. The number of rotatable bonds is 5. The number of aromatic nitrogens is 4. The van der Waals surface area contributed by atoms with E-state index in [1.54, 1.807) is 13.4 Å². The fourth-order valence-corrected chi connectivity index (χ4v) is 3.61. The van der Waals surface area contributed by atoms with E-state index in [-0.39, 0.29) is 0 Å². The molecule has 4 rings (SSSR count). The molecule has 1 aliphatic carbocycles. The Morgan fingerprint density at radius 3 is 2.85 bits per heavy atom. The van der Waals surface area contributed by atoms with E-state index in [1.807, 2.05) is 24.3 Å². The average Bonchev–Trinajstić information content (AvgIpc) is 3.16. The number of fused-ring (bicyclic) bond motifs is 1. The molecule has 134 valence electrons. The van der Waals surface area contributed by atoms with Crippen LogP contribution in [-0.4, -0.2) is 33.1 Å². The molecule has 0 amide bonds. The van der Waals surface area contributed by atoms with Crippen molar-refractivity contribution in [3.8, 4) is 17.0 Å². The van der Waals surface area contributed by atoms with Crippen molar-refractivity contribution < 1.29 is 4.74 Å². The molecule has 2 unspecified atom stereocenters. The first-order chi connectivity index (χ1) is 12.8. The maximum absolute atomic E-state index is 5.25. The van der Waals surface area contributed by atoms with Crippen molar-refractivity contribution in [3.05, 3.63) is 43.2 Å². The quantitative estimate of drug-likeness (QED) is 0.676. The first kappa shape index (κ1) is 16.6. The van der Waals surface area contributed by atoms with Gasteiger partial charge in [0.2, 0.25) is 5.95 Å². The Balaban J connectivity index is 1.66. The lowest BCUT2D eigenvalue weighted by molar-refractivity contribution is 0.388. The second kappa shape index (κ2) is 7.15. The Bertz CT molecular complexity index is 902. The topological polar surface area (TPSA) is 75.7 Å². The molecular formula is C20H23N5O. The van der Waals surface area contributed by atoms with Gasteiger partial charge in [-0.05, 0) is 49.4 Å². The molecule has 1 aliphatic rings. The summed E-state index contributed by atoms with van der Waals surface area (Å²) >= 11 is 0. The summed E-state index contributed by atoms with van der Waals surface area (Å²) < 4.78 is 5.25. The molecule has 2 N–H and O–H groups in total. The summed E-state index contributed by atoms with van der Waals surface area (Å²) in [5.74, 6) is 2.02. The first-order valence-electron chi connectivity index (χ1n) is 9.01. The molecule has 0 aliphatic heterocycles. The monoisotopic (exact) mass is 349 g/mol. The molecule has 0 spiro atoms. The summed E-state index contributed by atoms with van der Waals surface area (Å²) in [7, 11) is 1.66. The molecule has 1 fully saturated rings. The number of ether oxygens (including phenoxy) is 1. The lowest BCUT2D eigenvalue weighted by Gasteiger charge is -2.27. The number of imidazole rings is 1. The van der Waals surface area contributed by atoms with E-state index in [0.717, 1.165) is 35.4 Å². The molecule has 3 aromatic rings. The Kier molecular flexibility index (Phi) is 4.56. The van der Waals surface area contributed by atoms with Gasteiger partial charge in [-0.25, -0.2) is 9.97 Å². The van der Waals surface area contributed by atoms with E-state index in [9.17, 15) is 0 Å². The largest absolute Gasteiger partial charge is 0.497 e. The smallest absolute Gasteiger partial charge is 0.225 e. The standard InChI is InChI=1S/C20H23N5O/c1-3-13-5-4-6-15(11-13)23-20-24-17(18-19(25-20)22-12-21-18)14-7-9-16(26-2)10-8-14/h3,7-10,12-13,15H,1,4-6,11H2,2H3,(H2,21,22,23,24,25). The van der Waals surface area contributed by atoms with Crippen molar-refractivity contribution in [1.29, 1.82) is 0 Å². The second-order valence-corrected chi connectivity index (χ2v) is 6.73. The van der Waals surface area contributed by atoms with Gasteiger partial charge in [0.25, 0.3) is 0 Å². The molecule has 26 heavy (non-hydrogen) atoms. The Morgan fingerprint density at radius 2 is 2.08 bits per heavy atom. The molecule has 0 saturated heterocycles. The van der Waals surface area contributed by atoms with Crippen LogP contribution in [0.25, 0.3) is 22.4 Å². The molecule has 1 saturated carbocycles. The maximum Gasteiger partial charge on any atom is 0.225 e. The third-order valence-electron chi connectivity index (χ3n) is 5.03. The maximum atomic E-state index is 5.25. The molecule has 1 aromatic carbocycles. The van der Waals surface area contributed by atoms with Crippen LogP contribution in [0.2, 0.25) is 0 Å². The minimum atomic E-state index is 0.367. The number of nitrogens with one attached hydrogen (secondary N) is 2. The predicted octanol–water partition coefficient (Wildman–Crippen LogP) is 4.19. The molecule has 0 bridgehead atoms. The SMILES string of the molecule is C=CC1CCCC(Nc2nc(-c3ccc(OC)cc3)c3[nH]cnc3n2)C1. The van der Waals surface area contributed by atoms with Crippen molar-refractivity contribution in [3.63, 3.8) is 0 Å². The number of aromatic amines is 1. The highest BCUT2D eigenvalue weighted by molar-refractivity contribution is 5.88. The van der Waals surface area contributed by atoms with Gasteiger partial charge in [-0.1, -0.05) is 12.5 Å². The zero-order valence-electron chi connectivity index (χ0n) is 14.9. The van der Waals surface area contributed by atoms with Gasteiger partial charge in [0.1, 0.15) is 17.0 Å². The number of hydrogen-bond acceptors (Lipinski definition) is 5. The van der Waals surface area contributed by atoms with Crippen molar-refractivity contribution >= 4 is 17.1 Å². The lowest BCUT2D eigenvalue weighted by atomic mass is 9.86. The molecule has 6 heteroatoms. The van der Waals surface area contributed by atoms with E-state index < -0.39 is 0 Å². The van der Waals surface area contributed by atoms with Gasteiger partial charge in [0.15, 0.2) is 5.65 Å². The van der Waals surface area contributed by atoms with Crippen molar-refractivity contribution in [2.75, 3.05) is 12.4 Å². The highest BCUT2D eigenvalue weighted by Crippen LogP contribution is 2.29. The third-order valence-corrected chi connectivity index (χ3v) is 5.03. The summed E-state index contributed by atoms with van der Waals surface area (Å²) in [6, 6.07) is 8.23. The van der Waals surface area contributed by atoms with E-state index in [4.69, 9.17) is 9.72 Å². The van der Waals surface area contributed by atoms with Crippen LogP contribution < -0.4 is 10.1 Å². The highest BCUT2D eigenvalue weighted by atomic mass is 16.5. The van der Waals surface area contributed by atoms with E-state index in [0.29, 0.717) is 23.6 Å². The van der Waals surface area contributed by atoms with Crippen LogP contribution in [0.5, 0.6) is 5.75 Å². The van der Waals surface area contributed by atoms with Crippen LogP contribution in [0.3, 0.4) is 0 Å². The second-order valence-electron chi connectivity index (χ2n) is 6.73. The minimum Gasteiger partial charge on any atom is -0.497 e. The summed E-state index contributed by atoms with van der Waals surface area (Å²) in [6.45, 7) is 3.94. The summed E-state index contributed by atoms with van der Waals surface area (Å²) in [5, 5.41) is 3.51. The molecule has 0 radical (unpaired) electrons. The molecule has 2 atom stereocenters. The molecule has 6 nitrogen and oxygen atoms in total. The number of allylic oxidation sites excluding steroid dienone is 1. The summed E-state index contributed by atoms with van der Waals surface area (Å²) in [6.07, 6.45) is 8.34. The van der Waals surface area contributed by atoms with E-state index in [2.05, 4.69) is 32.9 Å². The number of nitrogens with zero attached hydrogens (tertiary/aromatic N) is 3. The zero-order chi connectivity index (χ0) is 17.9. The fraction of sp³-hybridized carbons (Fsp3) is 0.350. The normalized spacial score (nSPS) is 20.0. The van der Waals surface area contributed by atoms with Crippen LogP contribution in [0.4, 0.5) is 5.95 Å². The highest BCUT2D eigenvalue weighted by Gasteiger charge is 2.21. The van der Waals surface area contributed by atoms with E-state index >= 15 is 0 Å². The van der Waals surface area contributed by atoms with Crippen LogP contribution in [-0.2, 0) is 0 Å². The zero-order valence-corrected chi connectivity index (χ0v) is 14.9. The van der Waals surface area contributed by atoms with Crippen LogP contribution >= 0.6 is 0 Å². The molecule has 2 aromatic heterocycles. The van der Waals surface area contributed by atoms with Crippen LogP contribution in [0.15, 0.2) is 43.2 Å². The van der Waals surface area contributed by atoms with E-state index in [1.165, 1.54) is 12.8 Å². The third kappa shape index (κ3) is 3.27.